The van der Waals surface area contributed by atoms with Crippen LogP contribution in [-0.2, 0) is 0 Å². The summed E-state index contributed by atoms with van der Waals surface area (Å²) in [4.78, 5) is 2.54. The lowest BCUT2D eigenvalue weighted by Crippen LogP contribution is -2.36. The van der Waals surface area contributed by atoms with Crippen LogP contribution < -0.4 is 5.32 Å². The maximum Gasteiger partial charge on any atom is 0.00479 e. The average molecular weight is 200 g/mol. The Labute approximate surface area is 90.1 Å². The van der Waals surface area contributed by atoms with Gasteiger partial charge in [0.05, 0.1) is 0 Å². The van der Waals surface area contributed by atoms with Gasteiger partial charge in [-0.2, -0.15) is 0 Å². The van der Waals surface area contributed by atoms with E-state index in [1.807, 2.05) is 7.05 Å². The van der Waals surface area contributed by atoms with E-state index in [1.165, 1.54) is 19.5 Å². The Hall–Kier alpha value is -0.0800. The van der Waals surface area contributed by atoms with Gasteiger partial charge in [-0.15, -0.1) is 0 Å². The van der Waals surface area contributed by atoms with Gasteiger partial charge in [0.2, 0.25) is 0 Å². The van der Waals surface area contributed by atoms with Crippen LogP contribution in [0, 0.1) is 5.41 Å². The van der Waals surface area contributed by atoms with E-state index in [-0.39, 0.29) is 0 Å². The van der Waals surface area contributed by atoms with Gasteiger partial charge in [-0.1, -0.05) is 27.7 Å². The third-order valence-electron chi connectivity index (χ3n) is 2.52. The van der Waals surface area contributed by atoms with E-state index in [1.54, 1.807) is 0 Å². The Kier molecular flexibility index (Phi) is 6.38. The Morgan fingerprint density at radius 3 is 2.21 bits per heavy atom. The molecule has 0 heterocycles. The third kappa shape index (κ3) is 7.34. The van der Waals surface area contributed by atoms with Crippen molar-refractivity contribution in [1.29, 1.82) is 0 Å². The van der Waals surface area contributed by atoms with Gasteiger partial charge in [-0.05, 0) is 38.9 Å². The number of rotatable bonds is 6. The van der Waals surface area contributed by atoms with Crippen molar-refractivity contribution < 1.29 is 0 Å². The summed E-state index contributed by atoms with van der Waals surface area (Å²) in [6.45, 7) is 15.0. The first-order chi connectivity index (χ1) is 6.39. The molecule has 0 saturated heterocycles. The van der Waals surface area contributed by atoms with Crippen LogP contribution in [0.5, 0.6) is 0 Å². The molecule has 0 rings (SSSR count). The van der Waals surface area contributed by atoms with Crippen LogP contribution in [0.3, 0.4) is 0 Å². The molecule has 0 saturated carbocycles. The quantitative estimate of drug-likeness (QED) is 0.708. The second kappa shape index (κ2) is 6.41. The highest BCUT2D eigenvalue weighted by atomic mass is 15.1. The molecule has 0 aliphatic rings. The molecule has 0 bridgehead atoms. The van der Waals surface area contributed by atoms with Crippen LogP contribution >= 0.6 is 0 Å². The van der Waals surface area contributed by atoms with Crippen molar-refractivity contribution in [2.24, 2.45) is 5.41 Å². The fourth-order valence-electron chi connectivity index (χ4n) is 1.54. The second-order valence-corrected chi connectivity index (χ2v) is 5.41. The lowest BCUT2D eigenvalue weighted by molar-refractivity contribution is 0.192. The molecular weight excluding hydrogens is 172 g/mol. The predicted octanol–water partition coefficient (Wildman–Crippen LogP) is 2.35. The fraction of sp³-hybridized carbons (Fsp3) is 1.00. The van der Waals surface area contributed by atoms with E-state index < -0.39 is 0 Å². The van der Waals surface area contributed by atoms with Crippen LogP contribution in [0.1, 0.15) is 41.0 Å². The molecule has 2 heteroatoms. The minimum Gasteiger partial charge on any atom is -0.317 e. The zero-order valence-electron chi connectivity index (χ0n) is 10.9. The SMILES string of the molecule is CCN(CCC(C)NC)CC(C)(C)C. The molecule has 0 aromatic carbocycles. The first kappa shape index (κ1) is 13.9. The monoisotopic (exact) mass is 200 g/mol. The standard InChI is InChI=1S/C12H28N2/c1-7-14(10-12(3,4)5)9-8-11(2)13-6/h11,13H,7-10H2,1-6H3. The van der Waals surface area contributed by atoms with Gasteiger partial charge in [0.15, 0.2) is 0 Å². The molecule has 0 aliphatic carbocycles. The van der Waals surface area contributed by atoms with Crippen LogP contribution in [-0.4, -0.2) is 37.6 Å². The Morgan fingerprint density at radius 2 is 1.86 bits per heavy atom. The molecule has 0 spiro atoms. The Bertz CT molecular complexity index is 138. The van der Waals surface area contributed by atoms with Crippen LogP contribution in [0.15, 0.2) is 0 Å². The highest BCUT2D eigenvalue weighted by Crippen LogP contribution is 2.15. The molecule has 1 unspecified atom stereocenters. The van der Waals surface area contributed by atoms with Gasteiger partial charge in [0.25, 0.3) is 0 Å². The number of nitrogens with zero attached hydrogens (tertiary/aromatic N) is 1. The largest absolute Gasteiger partial charge is 0.317 e. The minimum absolute atomic E-state index is 0.416. The zero-order valence-corrected chi connectivity index (χ0v) is 10.9. The molecule has 0 amide bonds. The minimum atomic E-state index is 0.416. The molecule has 1 N–H and O–H groups in total. The zero-order chi connectivity index (χ0) is 11.2. The highest BCUT2D eigenvalue weighted by molar-refractivity contribution is 4.70. The summed E-state index contributed by atoms with van der Waals surface area (Å²) in [6.07, 6.45) is 1.24. The fourth-order valence-corrected chi connectivity index (χ4v) is 1.54. The maximum atomic E-state index is 3.28. The maximum absolute atomic E-state index is 3.28. The van der Waals surface area contributed by atoms with Crippen molar-refractivity contribution in [3.8, 4) is 0 Å². The van der Waals surface area contributed by atoms with Gasteiger partial charge in [0.1, 0.15) is 0 Å². The third-order valence-corrected chi connectivity index (χ3v) is 2.52. The average Bonchev–Trinajstić information content (AvgIpc) is 2.09. The van der Waals surface area contributed by atoms with E-state index in [4.69, 9.17) is 0 Å². The van der Waals surface area contributed by atoms with Gasteiger partial charge in [-0.3, -0.25) is 0 Å². The van der Waals surface area contributed by atoms with Gasteiger partial charge in [0, 0.05) is 12.6 Å². The Morgan fingerprint density at radius 1 is 1.29 bits per heavy atom. The normalized spacial score (nSPS) is 14.8. The second-order valence-electron chi connectivity index (χ2n) is 5.41. The van der Waals surface area contributed by atoms with Gasteiger partial charge < -0.3 is 10.2 Å². The molecule has 1 atom stereocenters. The van der Waals surface area contributed by atoms with Crippen LogP contribution in [0.2, 0.25) is 0 Å². The van der Waals surface area contributed by atoms with E-state index in [9.17, 15) is 0 Å². The van der Waals surface area contributed by atoms with Crippen molar-refractivity contribution >= 4 is 0 Å². The number of nitrogens with one attached hydrogen (secondary N) is 1. The summed E-state index contributed by atoms with van der Waals surface area (Å²) in [7, 11) is 2.03. The predicted molar refractivity (Wildman–Crippen MR) is 64.7 cm³/mol. The van der Waals surface area contributed by atoms with E-state index >= 15 is 0 Å². The first-order valence-corrected chi connectivity index (χ1v) is 5.78. The van der Waals surface area contributed by atoms with Gasteiger partial charge in [-0.25, -0.2) is 0 Å². The molecule has 86 valence electrons. The topological polar surface area (TPSA) is 15.3 Å². The number of hydrogen-bond acceptors (Lipinski definition) is 2. The molecule has 0 aliphatic heterocycles. The number of hydrogen-bond donors (Lipinski definition) is 1. The molecule has 2 nitrogen and oxygen atoms in total. The van der Waals surface area contributed by atoms with E-state index in [0.29, 0.717) is 11.5 Å². The van der Waals surface area contributed by atoms with E-state index in [2.05, 4.69) is 44.8 Å². The molecule has 0 aromatic heterocycles. The van der Waals surface area contributed by atoms with Crippen molar-refractivity contribution in [2.75, 3.05) is 26.7 Å². The molecule has 0 fully saturated rings. The van der Waals surface area contributed by atoms with Crippen molar-refractivity contribution in [2.45, 2.75) is 47.1 Å². The summed E-state index contributed by atoms with van der Waals surface area (Å²) in [5, 5.41) is 3.28. The lowest BCUT2D eigenvalue weighted by Gasteiger charge is -2.29. The summed E-state index contributed by atoms with van der Waals surface area (Å²) < 4.78 is 0. The summed E-state index contributed by atoms with van der Waals surface area (Å²) >= 11 is 0. The highest BCUT2D eigenvalue weighted by Gasteiger charge is 2.15. The van der Waals surface area contributed by atoms with Crippen molar-refractivity contribution in [1.82, 2.24) is 10.2 Å². The van der Waals surface area contributed by atoms with Crippen LogP contribution in [0.25, 0.3) is 0 Å². The van der Waals surface area contributed by atoms with Crippen molar-refractivity contribution in [3.63, 3.8) is 0 Å². The van der Waals surface area contributed by atoms with Crippen molar-refractivity contribution in [3.05, 3.63) is 0 Å². The summed E-state index contributed by atoms with van der Waals surface area (Å²) in [5.41, 5.74) is 0.416. The molecule has 14 heavy (non-hydrogen) atoms. The van der Waals surface area contributed by atoms with Crippen LogP contribution in [0.4, 0.5) is 0 Å². The smallest absolute Gasteiger partial charge is 0.00479 e. The lowest BCUT2D eigenvalue weighted by atomic mass is 9.96. The van der Waals surface area contributed by atoms with E-state index in [0.717, 1.165) is 6.54 Å². The molecule has 0 aromatic rings. The summed E-state index contributed by atoms with van der Waals surface area (Å²) in [5.74, 6) is 0. The summed E-state index contributed by atoms with van der Waals surface area (Å²) in [6, 6.07) is 0.629. The first-order valence-electron chi connectivity index (χ1n) is 5.78. The molecule has 0 radical (unpaired) electrons. The molecular formula is C12H28N2. The van der Waals surface area contributed by atoms with Gasteiger partial charge >= 0.3 is 0 Å². The Balaban J connectivity index is 3.80.